The van der Waals surface area contributed by atoms with Crippen molar-refractivity contribution in [1.29, 1.82) is 0 Å². The Morgan fingerprint density at radius 3 is 1.91 bits per heavy atom. The maximum absolute atomic E-state index is 10.8. The first-order valence-electron chi connectivity index (χ1n) is 10.9. The van der Waals surface area contributed by atoms with E-state index in [0.717, 1.165) is 6.54 Å². The Hall–Kier alpha value is -2.72. The summed E-state index contributed by atoms with van der Waals surface area (Å²) in [4.78, 5) is 12.1. The maximum atomic E-state index is 10.8. The lowest BCUT2D eigenvalue weighted by molar-refractivity contribution is -0.858. The largest absolute Gasteiger partial charge is 0.726 e. The highest BCUT2D eigenvalue weighted by Gasteiger charge is 2.03. The number of esters is 1. The second-order valence-corrected chi connectivity index (χ2v) is 8.88. The highest BCUT2D eigenvalue weighted by molar-refractivity contribution is 7.80. The van der Waals surface area contributed by atoms with Crippen molar-refractivity contribution in [2.45, 2.75) is 26.7 Å². The predicted octanol–water partition coefficient (Wildman–Crippen LogP) is 2.60. The van der Waals surface area contributed by atoms with E-state index < -0.39 is 10.4 Å². The Bertz CT molecular complexity index is 915. The summed E-state index contributed by atoms with van der Waals surface area (Å²) in [5, 5.41) is 0. The zero-order chi connectivity index (χ0) is 26.0. The minimum absolute atomic E-state index is 0.0193. The van der Waals surface area contributed by atoms with Gasteiger partial charge in [-0.15, -0.1) is 0 Å². The summed E-state index contributed by atoms with van der Waals surface area (Å²) < 4.78 is 43.9. The smallest absolute Gasteiger partial charge is 0.333 e. The fourth-order valence-electron chi connectivity index (χ4n) is 2.12. The number of nitrogens with one attached hydrogen (secondary N) is 1. The zero-order valence-electron chi connectivity index (χ0n) is 20.7. The molecule has 0 saturated carbocycles. The van der Waals surface area contributed by atoms with Gasteiger partial charge in [-0.2, -0.15) is 0 Å². The zero-order valence-corrected chi connectivity index (χ0v) is 21.5. The standard InChI is InChI=1S/C9H12.C8H15NO2.C8H10O5S/c1-8(2)9-6-4-3-5-7-9;1-7(2)8(10)11-6-5-9(3)4;9-14(10,11)13-7-6-12-8-4-2-1-3-5-8/h3-8H,1-2H3;1,5-6H2,2-4H3;1-5H,6-7H2,(H,9,10,11). The molecule has 0 unspecified atom stereocenters. The number of quaternary nitrogens is 1. The molecular weight excluding hydrogens is 458 g/mol. The van der Waals surface area contributed by atoms with Crippen LogP contribution in [0.25, 0.3) is 0 Å². The van der Waals surface area contributed by atoms with Gasteiger partial charge in [0.1, 0.15) is 25.5 Å². The van der Waals surface area contributed by atoms with Gasteiger partial charge in [0.15, 0.2) is 0 Å². The van der Waals surface area contributed by atoms with E-state index in [4.69, 9.17) is 9.47 Å². The van der Waals surface area contributed by atoms with Crippen molar-refractivity contribution in [1.82, 2.24) is 0 Å². The van der Waals surface area contributed by atoms with Crippen LogP contribution in [0.1, 0.15) is 32.3 Å². The number of likely N-dealkylation sites (N-methyl/N-ethyl adjacent to an activating group) is 1. The lowest BCUT2D eigenvalue weighted by atomic mass is 10.0. The first-order chi connectivity index (χ1) is 15.9. The van der Waals surface area contributed by atoms with Crippen molar-refractivity contribution in [2.75, 3.05) is 40.5 Å². The summed E-state index contributed by atoms with van der Waals surface area (Å²) in [5.41, 5.74) is 1.87. The third-order valence-electron chi connectivity index (χ3n) is 3.97. The number of para-hydroxylation sites is 1. The molecule has 2 aromatic carbocycles. The van der Waals surface area contributed by atoms with Crippen LogP contribution in [-0.4, -0.2) is 59.4 Å². The van der Waals surface area contributed by atoms with E-state index in [-0.39, 0.29) is 19.2 Å². The van der Waals surface area contributed by atoms with Crippen LogP contribution in [0.3, 0.4) is 0 Å². The second-order valence-electron chi connectivity index (χ2n) is 7.83. The quantitative estimate of drug-likeness (QED) is 0.178. The molecule has 0 fully saturated rings. The minimum Gasteiger partial charge on any atom is -0.726 e. The Kier molecular flexibility index (Phi) is 16.3. The van der Waals surface area contributed by atoms with Gasteiger partial charge in [0.25, 0.3) is 0 Å². The van der Waals surface area contributed by atoms with Gasteiger partial charge in [0.2, 0.25) is 10.4 Å². The molecule has 0 radical (unpaired) electrons. The number of benzene rings is 2. The van der Waals surface area contributed by atoms with Crippen LogP contribution in [-0.2, 0) is 24.1 Å². The van der Waals surface area contributed by atoms with Crippen molar-refractivity contribution in [3.8, 4) is 5.75 Å². The van der Waals surface area contributed by atoms with Gasteiger partial charge in [-0.25, -0.2) is 13.2 Å². The van der Waals surface area contributed by atoms with Gasteiger partial charge in [-0.1, -0.05) is 69.0 Å². The predicted molar refractivity (Wildman–Crippen MR) is 132 cm³/mol. The average molecular weight is 496 g/mol. The maximum Gasteiger partial charge on any atom is 0.333 e. The van der Waals surface area contributed by atoms with Crippen LogP contribution in [0.2, 0.25) is 0 Å². The minimum atomic E-state index is -4.61. The Morgan fingerprint density at radius 2 is 1.50 bits per heavy atom. The SMILES string of the molecule is C=C(C)C(=O)OCC[NH+](C)C.CC(C)c1ccccc1.O=S(=O)([O-])OCCOc1ccccc1. The van der Waals surface area contributed by atoms with Gasteiger partial charge >= 0.3 is 5.97 Å². The highest BCUT2D eigenvalue weighted by Crippen LogP contribution is 2.11. The fourth-order valence-corrected chi connectivity index (χ4v) is 2.39. The van der Waals surface area contributed by atoms with E-state index in [1.807, 2.05) is 26.2 Å². The van der Waals surface area contributed by atoms with Crippen LogP contribution in [0, 0.1) is 0 Å². The van der Waals surface area contributed by atoms with E-state index in [0.29, 0.717) is 23.8 Å². The molecule has 0 aliphatic rings. The molecule has 0 atom stereocenters. The monoisotopic (exact) mass is 495 g/mol. The molecule has 0 spiro atoms. The number of carbonyl (C=O) groups excluding carboxylic acids is 1. The molecule has 2 aromatic rings. The topological polar surface area (TPSA) is 106 Å². The van der Waals surface area contributed by atoms with E-state index in [9.17, 15) is 17.8 Å². The van der Waals surface area contributed by atoms with Crippen LogP contribution in [0.15, 0.2) is 72.8 Å². The molecule has 0 heterocycles. The molecule has 0 aliphatic heterocycles. The van der Waals surface area contributed by atoms with Crippen molar-refractivity contribution in [3.63, 3.8) is 0 Å². The molecule has 34 heavy (non-hydrogen) atoms. The molecule has 0 bridgehead atoms. The molecule has 9 heteroatoms. The number of hydrogen-bond acceptors (Lipinski definition) is 7. The summed E-state index contributed by atoms with van der Waals surface area (Å²) in [5.74, 6) is 0.955. The van der Waals surface area contributed by atoms with Gasteiger partial charge in [-0.05, 0) is 30.5 Å². The average Bonchev–Trinajstić information content (AvgIpc) is 2.78. The normalized spacial score (nSPS) is 10.5. The molecule has 8 nitrogen and oxygen atoms in total. The lowest BCUT2D eigenvalue weighted by Gasteiger charge is -2.08. The third kappa shape index (κ3) is 18.8. The first kappa shape index (κ1) is 31.3. The first-order valence-corrected chi connectivity index (χ1v) is 12.2. The van der Waals surface area contributed by atoms with Crippen LogP contribution in [0.4, 0.5) is 0 Å². The van der Waals surface area contributed by atoms with Gasteiger partial charge in [0.05, 0.1) is 20.7 Å². The van der Waals surface area contributed by atoms with Crippen molar-refractivity contribution in [2.24, 2.45) is 0 Å². The number of ether oxygens (including phenoxy) is 2. The van der Waals surface area contributed by atoms with E-state index >= 15 is 0 Å². The van der Waals surface area contributed by atoms with Crippen molar-refractivity contribution in [3.05, 3.63) is 78.4 Å². The van der Waals surface area contributed by atoms with Crippen molar-refractivity contribution >= 4 is 16.4 Å². The summed E-state index contributed by atoms with van der Waals surface area (Å²) in [6.07, 6.45) is 0. The molecule has 0 aliphatic carbocycles. The van der Waals surface area contributed by atoms with Crippen LogP contribution >= 0.6 is 0 Å². The highest BCUT2D eigenvalue weighted by atomic mass is 32.3. The fraction of sp³-hybridized carbons (Fsp3) is 0.400. The number of rotatable bonds is 10. The van der Waals surface area contributed by atoms with Crippen molar-refractivity contribution < 1.29 is 36.3 Å². The van der Waals surface area contributed by atoms with Gasteiger partial charge < -0.3 is 18.9 Å². The molecule has 2 rings (SSSR count). The van der Waals surface area contributed by atoms with Gasteiger partial charge in [0, 0.05) is 5.57 Å². The molecule has 0 aromatic heterocycles. The summed E-state index contributed by atoms with van der Waals surface area (Å²) in [6, 6.07) is 19.3. The molecule has 0 saturated heterocycles. The Morgan fingerprint density at radius 1 is 0.971 bits per heavy atom. The Balaban J connectivity index is 0.000000493. The lowest BCUT2D eigenvalue weighted by Crippen LogP contribution is -3.06. The van der Waals surface area contributed by atoms with E-state index in [2.05, 4.69) is 48.9 Å². The summed E-state index contributed by atoms with van der Waals surface area (Å²) in [6.45, 7) is 10.6. The molecule has 0 amide bonds. The van der Waals surface area contributed by atoms with E-state index in [1.54, 1.807) is 31.2 Å². The van der Waals surface area contributed by atoms with Crippen LogP contribution < -0.4 is 9.64 Å². The second kappa shape index (κ2) is 17.7. The molecule has 190 valence electrons. The number of carbonyl (C=O) groups is 1. The van der Waals surface area contributed by atoms with Crippen LogP contribution in [0.5, 0.6) is 5.75 Å². The van der Waals surface area contributed by atoms with Gasteiger partial charge in [-0.3, -0.25) is 4.18 Å². The third-order valence-corrected chi connectivity index (χ3v) is 4.43. The van der Waals surface area contributed by atoms with E-state index in [1.165, 1.54) is 10.5 Å². The summed E-state index contributed by atoms with van der Waals surface area (Å²) >= 11 is 0. The number of hydrogen-bond donors (Lipinski definition) is 1. The summed E-state index contributed by atoms with van der Waals surface area (Å²) in [7, 11) is -0.591. The Labute approximate surface area is 204 Å². The molecule has 1 N–H and O–H groups in total. The molecular formula is C25H37NO7S.